The first-order valence-electron chi connectivity index (χ1n) is 4.18. The molecule has 0 aliphatic heterocycles. The summed E-state index contributed by atoms with van der Waals surface area (Å²) in [7, 11) is 0. The number of nitrogens with zero attached hydrogens (tertiary/aromatic N) is 2. The van der Waals surface area contributed by atoms with E-state index < -0.39 is 0 Å². The van der Waals surface area contributed by atoms with Gasteiger partial charge in [-0.15, -0.1) is 11.3 Å². The molecule has 12 heavy (non-hydrogen) atoms. The predicted octanol–water partition coefficient (Wildman–Crippen LogP) is 2.59. The first-order chi connectivity index (χ1) is 5.81. The fourth-order valence-corrected chi connectivity index (χ4v) is 2.28. The number of hydrogen-bond acceptors (Lipinski definition) is 3. The topological polar surface area (TPSA) is 36.7 Å². The molecule has 0 bridgehead atoms. The van der Waals surface area contributed by atoms with Gasteiger partial charge < -0.3 is 0 Å². The summed E-state index contributed by atoms with van der Waals surface area (Å²) in [4.78, 5) is 5.23. The maximum Gasteiger partial charge on any atom is 0.128 e. The van der Waals surface area contributed by atoms with Crippen LogP contribution in [0.2, 0.25) is 0 Å². The summed E-state index contributed by atoms with van der Waals surface area (Å²) in [6, 6.07) is 2.22. The average molecular weight is 178 g/mol. The van der Waals surface area contributed by atoms with Gasteiger partial charge in [-0.2, -0.15) is 5.26 Å². The van der Waals surface area contributed by atoms with Crippen molar-refractivity contribution >= 4 is 11.3 Å². The van der Waals surface area contributed by atoms with E-state index in [1.165, 1.54) is 30.6 Å². The third-order valence-electron chi connectivity index (χ3n) is 2.35. The second kappa shape index (κ2) is 2.87. The van der Waals surface area contributed by atoms with Crippen LogP contribution in [0.1, 0.15) is 40.8 Å². The number of rotatable bonds is 1. The van der Waals surface area contributed by atoms with Crippen molar-refractivity contribution in [3.63, 3.8) is 0 Å². The molecule has 2 nitrogen and oxygen atoms in total. The molecule has 0 saturated heterocycles. The minimum Gasteiger partial charge on any atom is -0.245 e. The van der Waals surface area contributed by atoms with Gasteiger partial charge in [0.05, 0.1) is 10.7 Å². The van der Waals surface area contributed by atoms with Gasteiger partial charge in [0.1, 0.15) is 10.9 Å². The Kier molecular flexibility index (Phi) is 1.86. The third kappa shape index (κ3) is 1.12. The Labute approximate surface area is 75.9 Å². The minimum absolute atomic E-state index is 0.588. The molecule has 0 spiro atoms. The zero-order valence-corrected chi connectivity index (χ0v) is 7.82. The van der Waals surface area contributed by atoms with Gasteiger partial charge in [0.15, 0.2) is 0 Å². The van der Waals surface area contributed by atoms with Crippen molar-refractivity contribution in [1.82, 2.24) is 4.98 Å². The van der Waals surface area contributed by atoms with Gasteiger partial charge in [-0.1, -0.05) is 6.42 Å². The predicted molar refractivity (Wildman–Crippen MR) is 48.2 cm³/mol. The highest BCUT2D eigenvalue weighted by Gasteiger charge is 2.25. The summed E-state index contributed by atoms with van der Waals surface area (Å²) in [6.45, 7) is 1.97. The van der Waals surface area contributed by atoms with Crippen molar-refractivity contribution in [3.05, 3.63) is 15.6 Å². The molecule has 0 aromatic carbocycles. The van der Waals surface area contributed by atoms with Crippen LogP contribution in [0.15, 0.2) is 0 Å². The van der Waals surface area contributed by atoms with E-state index >= 15 is 0 Å². The molecule has 0 N–H and O–H groups in total. The quantitative estimate of drug-likeness (QED) is 0.662. The van der Waals surface area contributed by atoms with Gasteiger partial charge in [-0.25, -0.2) is 4.98 Å². The number of nitriles is 1. The lowest BCUT2D eigenvalue weighted by molar-refractivity contribution is 0.412. The highest BCUT2D eigenvalue weighted by Crippen LogP contribution is 2.38. The Morgan fingerprint density at radius 3 is 2.83 bits per heavy atom. The SMILES string of the molecule is Cc1nc(C2CCC2)c(C#N)s1. The Morgan fingerprint density at radius 2 is 2.33 bits per heavy atom. The first-order valence-corrected chi connectivity index (χ1v) is 5.00. The monoisotopic (exact) mass is 178 g/mol. The molecule has 1 saturated carbocycles. The molecular formula is C9H10N2S. The summed E-state index contributed by atoms with van der Waals surface area (Å²) in [6.07, 6.45) is 3.74. The lowest BCUT2D eigenvalue weighted by Crippen LogP contribution is -2.10. The Balaban J connectivity index is 2.35. The van der Waals surface area contributed by atoms with E-state index in [0.717, 1.165) is 15.6 Å². The van der Waals surface area contributed by atoms with Crippen LogP contribution in [-0.4, -0.2) is 4.98 Å². The van der Waals surface area contributed by atoms with Crippen LogP contribution in [0, 0.1) is 18.3 Å². The van der Waals surface area contributed by atoms with Gasteiger partial charge in [-0.05, 0) is 19.8 Å². The molecule has 2 rings (SSSR count). The number of aryl methyl sites for hydroxylation is 1. The van der Waals surface area contributed by atoms with E-state index in [-0.39, 0.29) is 0 Å². The van der Waals surface area contributed by atoms with Crippen LogP contribution in [0.3, 0.4) is 0 Å². The van der Waals surface area contributed by atoms with E-state index in [1.54, 1.807) is 0 Å². The van der Waals surface area contributed by atoms with Crippen molar-refractivity contribution in [2.24, 2.45) is 0 Å². The first kappa shape index (κ1) is 7.75. The molecule has 1 fully saturated rings. The van der Waals surface area contributed by atoms with E-state index in [1.807, 2.05) is 6.92 Å². The van der Waals surface area contributed by atoms with E-state index in [0.29, 0.717) is 5.92 Å². The summed E-state index contributed by atoms with van der Waals surface area (Å²) in [5.41, 5.74) is 1.06. The maximum absolute atomic E-state index is 8.82. The molecule has 1 aromatic heterocycles. The van der Waals surface area contributed by atoms with E-state index in [4.69, 9.17) is 5.26 Å². The van der Waals surface area contributed by atoms with Crippen molar-refractivity contribution in [2.75, 3.05) is 0 Å². The van der Waals surface area contributed by atoms with Crippen LogP contribution in [0.5, 0.6) is 0 Å². The molecular weight excluding hydrogens is 168 g/mol. The highest BCUT2D eigenvalue weighted by atomic mass is 32.1. The van der Waals surface area contributed by atoms with Crippen molar-refractivity contribution in [1.29, 1.82) is 5.26 Å². The van der Waals surface area contributed by atoms with Crippen molar-refractivity contribution in [3.8, 4) is 6.07 Å². The highest BCUT2D eigenvalue weighted by molar-refractivity contribution is 7.12. The molecule has 0 amide bonds. The summed E-state index contributed by atoms with van der Waals surface area (Å²) in [5.74, 6) is 0.588. The van der Waals surface area contributed by atoms with Crippen LogP contribution >= 0.6 is 11.3 Å². The normalized spacial score (nSPS) is 17.0. The Morgan fingerprint density at radius 1 is 1.58 bits per heavy atom. The van der Waals surface area contributed by atoms with Crippen LogP contribution < -0.4 is 0 Å². The van der Waals surface area contributed by atoms with Gasteiger partial charge in [-0.3, -0.25) is 0 Å². The molecule has 1 heterocycles. The van der Waals surface area contributed by atoms with Crippen molar-refractivity contribution < 1.29 is 0 Å². The standard InChI is InChI=1S/C9H10N2S/c1-6-11-9(7-3-2-4-7)8(5-10)12-6/h7H,2-4H2,1H3. The molecule has 62 valence electrons. The number of hydrogen-bond donors (Lipinski definition) is 0. The fourth-order valence-electron chi connectivity index (χ4n) is 1.48. The third-order valence-corrected chi connectivity index (χ3v) is 3.24. The second-order valence-electron chi connectivity index (χ2n) is 3.19. The molecule has 1 aliphatic carbocycles. The lowest BCUT2D eigenvalue weighted by Gasteiger charge is -2.23. The summed E-state index contributed by atoms with van der Waals surface area (Å²) >= 11 is 1.52. The molecule has 3 heteroatoms. The fraction of sp³-hybridized carbons (Fsp3) is 0.556. The summed E-state index contributed by atoms with van der Waals surface area (Å²) < 4.78 is 0. The lowest BCUT2D eigenvalue weighted by atomic mass is 9.82. The zero-order chi connectivity index (χ0) is 8.55. The smallest absolute Gasteiger partial charge is 0.128 e. The van der Waals surface area contributed by atoms with Gasteiger partial charge in [0.25, 0.3) is 0 Å². The molecule has 1 aromatic rings. The van der Waals surface area contributed by atoms with Gasteiger partial charge >= 0.3 is 0 Å². The molecule has 0 unspecified atom stereocenters. The summed E-state index contributed by atoms with van der Waals surface area (Å²) in [5, 5.41) is 9.84. The minimum atomic E-state index is 0.588. The zero-order valence-electron chi connectivity index (χ0n) is 7.00. The Hall–Kier alpha value is -0.880. The molecule has 1 aliphatic rings. The second-order valence-corrected chi connectivity index (χ2v) is 4.39. The van der Waals surface area contributed by atoms with Crippen LogP contribution in [0.25, 0.3) is 0 Å². The van der Waals surface area contributed by atoms with E-state index in [2.05, 4.69) is 11.1 Å². The molecule has 0 atom stereocenters. The largest absolute Gasteiger partial charge is 0.245 e. The van der Waals surface area contributed by atoms with Crippen LogP contribution in [-0.2, 0) is 0 Å². The number of thiazole rings is 1. The van der Waals surface area contributed by atoms with Gasteiger partial charge in [0, 0.05) is 5.92 Å². The average Bonchev–Trinajstić information content (AvgIpc) is 2.27. The van der Waals surface area contributed by atoms with E-state index in [9.17, 15) is 0 Å². The maximum atomic E-state index is 8.82. The van der Waals surface area contributed by atoms with Crippen molar-refractivity contribution in [2.45, 2.75) is 32.1 Å². The molecule has 0 radical (unpaired) electrons. The Bertz CT molecular complexity index is 331. The number of aromatic nitrogens is 1. The van der Waals surface area contributed by atoms with Crippen LogP contribution in [0.4, 0.5) is 0 Å². The van der Waals surface area contributed by atoms with Gasteiger partial charge in [0.2, 0.25) is 0 Å².